The second-order valence-electron chi connectivity index (χ2n) is 8.80. The average molecular weight is 578 g/mol. The van der Waals surface area contributed by atoms with E-state index >= 15 is 0 Å². The molecule has 0 unspecified atom stereocenters. The van der Waals surface area contributed by atoms with E-state index in [1.54, 1.807) is 18.3 Å². The van der Waals surface area contributed by atoms with Gasteiger partial charge in [-0.15, -0.1) is 0 Å². The SMILES string of the molecule is CC(C)n1c(N2CC[C@@H](NC(=O)OCc3ccccn3)C2)nc(OCc2ccc(F)cc2F)c(Br)c1=O. The van der Waals surface area contributed by atoms with Crippen molar-refractivity contribution in [3.05, 3.63) is 80.3 Å². The largest absolute Gasteiger partial charge is 0.472 e. The number of amides is 1. The molecule has 1 saturated heterocycles. The highest BCUT2D eigenvalue weighted by molar-refractivity contribution is 9.10. The highest BCUT2D eigenvalue weighted by Gasteiger charge is 2.30. The van der Waals surface area contributed by atoms with Crippen molar-refractivity contribution in [2.75, 3.05) is 18.0 Å². The number of pyridine rings is 1. The molecule has 1 N–H and O–H groups in total. The van der Waals surface area contributed by atoms with Gasteiger partial charge in [-0.05, 0) is 60.5 Å². The summed E-state index contributed by atoms with van der Waals surface area (Å²) < 4.78 is 39.8. The fourth-order valence-electron chi connectivity index (χ4n) is 3.94. The van der Waals surface area contributed by atoms with E-state index in [1.165, 1.54) is 10.6 Å². The summed E-state index contributed by atoms with van der Waals surface area (Å²) in [5, 5.41) is 2.84. The lowest BCUT2D eigenvalue weighted by Crippen LogP contribution is -2.39. The van der Waals surface area contributed by atoms with Crippen molar-refractivity contribution in [3.8, 4) is 5.88 Å². The maximum Gasteiger partial charge on any atom is 0.407 e. The molecular weight excluding hydrogens is 552 g/mol. The van der Waals surface area contributed by atoms with Crippen molar-refractivity contribution < 1.29 is 23.0 Å². The monoisotopic (exact) mass is 577 g/mol. The Labute approximate surface area is 220 Å². The molecule has 1 aliphatic rings. The summed E-state index contributed by atoms with van der Waals surface area (Å²) in [6.45, 7) is 4.44. The number of nitrogens with one attached hydrogen (secondary N) is 1. The molecule has 3 aromatic rings. The molecule has 1 amide bonds. The Balaban J connectivity index is 1.47. The molecule has 9 nitrogen and oxygen atoms in total. The number of nitrogens with zero attached hydrogens (tertiary/aromatic N) is 4. The number of halogens is 3. The molecule has 1 atom stereocenters. The summed E-state index contributed by atoms with van der Waals surface area (Å²) in [5.74, 6) is -1.09. The second-order valence-corrected chi connectivity index (χ2v) is 9.59. The zero-order chi connectivity index (χ0) is 26.5. The summed E-state index contributed by atoms with van der Waals surface area (Å²) in [6.07, 6.45) is 1.67. The van der Waals surface area contributed by atoms with Crippen LogP contribution in [0.25, 0.3) is 0 Å². The van der Waals surface area contributed by atoms with Gasteiger partial charge in [0.1, 0.15) is 29.3 Å². The third kappa shape index (κ3) is 6.43. The van der Waals surface area contributed by atoms with Crippen LogP contribution in [0.15, 0.2) is 51.9 Å². The maximum atomic E-state index is 14.1. The smallest absolute Gasteiger partial charge is 0.407 e. The van der Waals surface area contributed by atoms with E-state index in [-0.39, 0.29) is 46.8 Å². The molecule has 1 aliphatic heterocycles. The summed E-state index contributed by atoms with van der Waals surface area (Å²) in [5.41, 5.74) is 0.402. The van der Waals surface area contributed by atoms with Gasteiger partial charge in [0.05, 0.1) is 11.7 Å². The summed E-state index contributed by atoms with van der Waals surface area (Å²) >= 11 is 3.26. The highest BCUT2D eigenvalue weighted by Crippen LogP contribution is 2.28. The number of carbonyl (C=O) groups excluding carboxylic acids is 1. The number of carbonyl (C=O) groups is 1. The van der Waals surface area contributed by atoms with Gasteiger partial charge in [-0.1, -0.05) is 6.07 Å². The van der Waals surface area contributed by atoms with E-state index in [2.05, 4.69) is 31.2 Å². The highest BCUT2D eigenvalue weighted by atomic mass is 79.9. The van der Waals surface area contributed by atoms with E-state index in [9.17, 15) is 18.4 Å². The minimum absolute atomic E-state index is 0.00759. The number of alkyl carbamates (subject to hydrolysis) is 1. The number of ether oxygens (including phenoxy) is 2. The number of benzene rings is 1. The topological polar surface area (TPSA) is 98.6 Å². The van der Waals surface area contributed by atoms with Crippen molar-refractivity contribution >= 4 is 28.0 Å². The van der Waals surface area contributed by atoms with Crippen molar-refractivity contribution in [3.63, 3.8) is 0 Å². The molecule has 196 valence electrons. The predicted molar refractivity (Wildman–Crippen MR) is 135 cm³/mol. The van der Waals surface area contributed by atoms with Crippen LogP contribution in [-0.2, 0) is 18.0 Å². The number of hydrogen-bond acceptors (Lipinski definition) is 7. The Morgan fingerprint density at radius 1 is 1.24 bits per heavy atom. The molecule has 0 aliphatic carbocycles. The Morgan fingerprint density at radius 2 is 2.05 bits per heavy atom. The van der Waals surface area contributed by atoms with Gasteiger partial charge in [0.15, 0.2) is 0 Å². The molecule has 1 aromatic carbocycles. The first-order valence-corrected chi connectivity index (χ1v) is 12.5. The van der Waals surface area contributed by atoms with E-state index in [0.717, 1.165) is 12.1 Å². The Bertz CT molecular complexity index is 1320. The third-order valence-electron chi connectivity index (χ3n) is 5.78. The quantitative estimate of drug-likeness (QED) is 0.425. The van der Waals surface area contributed by atoms with E-state index in [0.29, 0.717) is 31.2 Å². The number of anilines is 1. The van der Waals surface area contributed by atoms with Crippen molar-refractivity contribution in [1.29, 1.82) is 0 Å². The van der Waals surface area contributed by atoms with Gasteiger partial charge in [0, 0.05) is 37.0 Å². The first-order chi connectivity index (χ1) is 17.7. The molecule has 0 bridgehead atoms. The van der Waals surface area contributed by atoms with Crippen LogP contribution in [-0.4, -0.2) is 39.8 Å². The van der Waals surface area contributed by atoms with Crippen LogP contribution in [0, 0.1) is 11.6 Å². The maximum absolute atomic E-state index is 14.1. The minimum Gasteiger partial charge on any atom is -0.472 e. The van der Waals surface area contributed by atoms with Gasteiger partial charge >= 0.3 is 6.09 Å². The minimum atomic E-state index is -0.754. The lowest BCUT2D eigenvalue weighted by molar-refractivity contribution is 0.135. The summed E-state index contributed by atoms with van der Waals surface area (Å²) in [7, 11) is 0. The van der Waals surface area contributed by atoms with Crippen molar-refractivity contribution in [1.82, 2.24) is 19.9 Å². The molecule has 0 radical (unpaired) electrons. The number of rotatable bonds is 8. The number of aromatic nitrogens is 3. The van der Waals surface area contributed by atoms with Crippen LogP contribution < -0.4 is 20.5 Å². The van der Waals surface area contributed by atoms with Crippen molar-refractivity contribution in [2.24, 2.45) is 0 Å². The Kier molecular flexibility index (Phi) is 8.37. The summed E-state index contributed by atoms with van der Waals surface area (Å²) in [6, 6.07) is 8.08. The van der Waals surface area contributed by atoms with Gasteiger partial charge in [0.2, 0.25) is 11.8 Å². The van der Waals surface area contributed by atoms with E-state index in [4.69, 9.17) is 9.47 Å². The first-order valence-electron chi connectivity index (χ1n) is 11.7. The average Bonchev–Trinajstić information content (AvgIpc) is 3.33. The molecule has 0 saturated carbocycles. The van der Waals surface area contributed by atoms with E-state index < -0.39 is 17.7 Å². The first kappa shape index (κ1) is 26.5. The normalized spacial score (nSPS) is 15.2. The summed E-state index contributed by atoms with van der Waals surface area (Å²) in [4.78, 5) is 36.0. The lowest BCUT2D eigenvalue weighted by atomic mass is 10.2. The van der Waals surface area contributed by atoms with Crippen LogP contribution in [0.3, 0.4) is 0 Å². The van der Waals surface area contributed by atoms with Gasteiger partial charge in [-0.3, -0.25) is 14.3 Å². The molecule has 3 heterocycles. The lowest BCUT2D eigenvalue weighted by Gasteiger charge is -2.25. The predicted octanol–water partition coefficient (Wildman–Crippen LogP) is 4.34. The number of hydrogen-bond donors (Lipinski definition) is 1. The molecule has 2 aromatic heterocycles. The molecular formula is C25H26BrF2N5O4. The molecule has 1 fully saturated rings. The van der Waals surface area contributed by atoms with Crippen LogP contribution in [0.1, 0.15) is 37.6 Å². The van der Waals surface area contributed by atoms with Crippen LogP contribution in [0.2, 0.25) is 0 Å². The zero-order valence-corrected chi connectivity index (χ0v) is 21.9. The fourth-order valence-corrected chi connectivity index (χ4v) is 4.34. The van der Waals surface area contributed by atoms with Gasteiger partial charge < -0.3 is 19.7 Å². The van der Waals surface area contributed by atoms with Gasteiger partial charge in [-0.25, -0.2) is 13.6 Å². The zero-order valence-electron chi connectivity index (χ0n) is 20.3. The van der Waals surface area contributed by atoms with Crippen molar-refractivity contribution in [2.45, 2.75) is 45.6 Å². The third-order valence-corrected chi connectivity index (χ3v) is 6.46. The second kappa shape index (κ2) is 11.7. The molecule has 12 heteroatoms. The molecule has 37 heavy (non-hydrogen) atoms. The fraction of sp³-hybridized carbons (Fsp3) is 0.360. The van der Waals surface area contributed by atoms with E-state index in [1.807, 2.05) is 24.8 Å². The van der Waals surface area contributed by atoms with Crippen LogP contribution in [0.4, 0.5) is 19.5 Å². The molecule has 0 spiro atoms. The molecule has 4 rings (SSSR count). The van der Waals surface area contributed by atoms with Gasteiger partial charge in [-0.2, -0.15) is 4.98 Å². The van der Waals surface area contributed by atoms with Crippen LogP contribution in [0.5, 0.6) is 5.88 Å². The Hall–Kier alpha value is -3.54. The standard InChI is InChI=1S/C25H26BrF2N5O4/c1-15(2)33-23(34)21(26)22(36-13-16-6-7-17(27)11-20(16)28)31-24(33)32-10-8-18(12-32)30-25(35)37-14-19-5-3-4-9-29-19/h3-7,9,11,15,18H,8,10,12-14H2,1-2H3,(H,30,35)/t18-/m1/s1. The van der Waals surface area contributed by atoms with Crippen LogP contribution >= 0.6 is 15.9 Å². The van der Waals surface area contributed by atoms with Gasteiger partial charge in [0.25, 0.3) is 5.56 Å². The Morgan fingerprint density at radius 3 is 2.76 bits per heavy atom.